The van der Waals surface area contributed by atoms with E-state index >= 15 is 0 Å². The predicted molar refractivity (Wildman–Crippen MR) is 30.8 cm³/mol. The molecule has 1 unspecified atom stereocenters. The fourth-order valence-corrected chi connectivity index (χ4v) is 0.855. The van der Waals surface area contributed by atoms with Gasteiger partial charge in [0.2, 0.25) is 0 Å². The molecule has 0 aliphatic carbocycles. The highest BCUT2D eigenvalue weighted by molar-refractivity contribution is 5.72. The first kappa shape index (κ1) is 6.55. The smallest absolute Gasteiger partial charge is 0.306 e. The van der Waals surface area contributed by atoms with Crippen LogP contribution >= 0.6 is 0 Å². The van der Waals surface area contributed by atoms with Crippen LogP contribution in [0.5, 0.6) is 0 Å². The number of rotatable bonds is 1. The van der Waals surface area contributed by atoms with Gasteiger partial charge >= 0.3 is 5.97 Å². The number of ether oxygens (including phenoxy) is 1. The van der Waals surface area contributed by atoms with Crippen molar-refractivity contribution in [2.45, 2.75) is 25.4 Å². The lowest BCUT2D eigenvalue weighted by Crippen LogP contribution is -2.28. The van der Waals surface area contributed by atoms with Crippen molar-refractivity contribution in [1.29, 1.82) is 0 Å². The molecule has 9 heavy (non-hydrogen) atoms. The molecule has 52 valence electrons. The zero-order chi connectivity index (χ0) is 6.91. The minimum Gasteiger partial charge on any atom is -0.457 e. The maximum Gasteiger partial charge on any atom is 0.306 e. The zero-order valence-electron chi connectivity index (χ0n) is 5.39. The van der Waals surface area contributed by atoms with Gasteiger partial charge in [-0.25, -0.2) is 0 Å². The van der Waals surface area contributed by atoms with Gasteiger partial charge in [0.05, 0.1) is 6.61 Å². The summed E-state index contributed by atoms with van der Waals surface area (Å²) in [6.45, 7) is 1.66. The molecule has 1 aliphatic heterocycles. The molecule has 0 radical (unpaired) electrons. The Bertz CT molecular complexity index is 132. The first-order valence-electron chi connectivity index (χ1n) is 2.99. The fraction of sp³-hybridized carbons (Fsp3) is 0.833. The molecule has 3 nitrogen and oxygen atoms in total. The first-order valence-corrected chi connectivity index (χ1v) is 2.99. The van der Waals surface area contributed by atoms with Gasteiger partial charge in [-0.05, 0) is 13.3 Å². The highest BCUT2D eigenvalue weighted by Gasteiger charge is 2.34. The molecule has 1 heterocycles. The third-order valence-corrected chi connectivity index (χ3v) is 1.55. The second-order valence-corrected chi connectivity index (χ2v) is 2.58. The number of hydrogen-bond acceptors (Lipinski definition) is 3. The van der Waals surface area contributed by atoms with Gasteiger partial charge in [0.1, 0.15) is 5.60 Å². The van der Waals surface area contributed by atoms with Crippen LogP contribution in [0.2, 0.25) is 0 Å². The molecular formula is C6H10O3. The van der Waals surface area contributed by atoms with Crippen LogP contribution in [0, 0.1) is 0 Å². The summed E-state index contributed by atoms with van der Waals surface area (Å²) >= 11 is 0. The SMILES string of the molecule is CC1(CO)CCC(=O)O1. The van der Waals surface area contributed by atoms with E-state index in [1.807, 2.05) is 0 Å². The van der Waals surface area contributed by atoms with Crippen LogP contribution in [0.3, 0.4) is 0 Å². The summed E-state index contributed by atoms with van der Waals surface area (Å²) in [4.78, 5) is 10.5. The molecule has 1 rings (SSSR count). The van der Waals surface area contributed by atoms with Gasteiger partial charge in [-0.15, -0.1) is 0 Å². The van der Waals surface area contributed by atoms with E-state index in [0.717, 1.165) is 0 Å². The number of cyclic esters (lactones) is 1. The molecule has 1 fully saturated rings. The van der Waals surface area contributed by atoms with Crippen LogP contribution in [-0.4, -0.2) is 23.3 Å². The molecule has 1 aliphatic rings. The van der Waals surface area contributed by atoms with Gasteiger partial charge < -0.3 is 9.84 Å². The van der Waals surface area contributed by atoms with Crippen molar-refractivity contribution in [1.82, 2.24) is 0 Å². The Hall–Kier alpha value is -0.570. The van der Waals surface area contributed by atoms with E-state index < -0.39 is 5.60 Å². The molecule has 3 heteroatoms. The fourth-order valence-electron chi connectivity index (χ4n) is 0.855. The summed E-state index contributed by atoms with van der Waals surface area (Å²) in [6, 6.07) is 0. The average Bonchev–Trinajstić information content (AvgIpc) is 2.13. The van der Waals surface area contributed by atoms with Gasteiger partial charge in [-0.3, -0.25) is 4.79 Å². The first-order chi connectivity index (χ1) is 4.16. The van der Waals surface area contributed by atoms with Crippen LogP contribution in [0.15, 0.2) is 0 Å². The topological polar surface area (TPSA) is 46.5 Å². The lowest BCUT2D eigenvalue weighted by atomic mass is 10.1. The summed E-state index contributed by atoms with van der Waals surface area (Å²) in [7, 11) is 0. The van der Waals surface area contributed by atoms with Gasteiger partial charge in [0, 0.05) is 6.42 Å². The molecule has 0 saturated carbocycles. The van der Waals surface area contributed by atoms with E-state index in [1.165, 1.54) is 0 Å². The Morgan fingerprint density at radius 3 is 2.78 bits per heavy atom. The number of esters is 1. The number of carbonyl (C=O) groups excluding carboxylic acids is 1. The molecule has 0 aromatic heterocycles. The monoisotopic (exact) mass is 130 g/mol. The molecular weight excluding hydrogens is 120 g/mol. The number of hydrogen-bond donors (Lipinski definition) is 1. The Morgan fingerprint density at radius 1 is 1.89 bits per heavy atom. The number of aliphatic hydroxyl groups is 1. The van der Waals surface area contributed by atoms with E-state index in [9.17, 15) is 4.79 Å². The maximum atomic E-state index is 10.5. The van der Waals surface area contributed by atoms with Crippen molar-refractivity contribution in [3.8, 4) is 0 Å². The van der Waals surface area contributed by atoms with Crippen molar-refractivity contribution in [2.24, 2.45) is 0 Å². The molecule has 0 aromatic carbocycles. The van der Waals surface area contributed by atoms with E-state index in [4.69, 9.17) is 9.84 Å². The highest BCUT2D eigenvalue weighted by Crippen LogP contribution is 2.24. The number of carbonyl (C=O) groups is 1. The van der Waals surface area contributed by atoms with Crippen molar-refractivity contribution < 1.29 is 14.6 Å². The molecule has 1 atom stereocenters. The Balaban J connectivity index is 2.54. The summed E-state index contributed by atoms with van der Waals surface area (Å²) < 4.78 is 4.81. The largest absolute Gasteiger partial charge is 0.457 e. The standard InChI is InChI=1S/C6H10O3/c1-6(4-7)3-2-5(8)9-6/h7H,2-4H2,1H3. The van der Waals surface area contributed by atoms with E-state index in [1.54, 1.807) is 6.92 Å². The Kier molecular flexibility index (Phi) is 1.45. The van der Waals surface area contributed by atoms with Crippen molar-refractivity contribution in [3.63, 3.8) is 0 Å². The molecule has 1 saturated heterocycles. The minimum absolute atomic E-state index is 0.0707. The van der Waals surface area contributed by atoms with E-state index in [2.05, 4.69) is 0 Å². The van der Waals surface area contributed by atoms with Crippen molar-refractivity contribution >= 4 is 5.97 Å². The summed E-state index contributed by atoms with van der Waals surface area (Å²) in [5.74, 6) is -0.202. The Morgan fingerprint density at radius 2 is 2.56 bits per heavy atom. The lowest BCUT2D eigenvalue weighted by Gasteiger charge is -2.18. The Labute approximate surface area is 53.6 Å². The normalized spacial score (nSPS) is 34.7. The van der Waals surface area contributed by atoms with E-state index in [-0.39, 0.29) is 12.6 Å². The minimum atomic E-state index is -0.586. The molecule has 0 bridgehead atoms. The predicted octanol–water partition coefficient (Wildman–Crippen LogP) is 0.0744. The maximum absolute atomic E-state index is 10.5. The summed E-state index contributed by atoms with van der Waals surface area (Å²) in [5, 5.41) is 8.67. The highest BCUT2D eigenvalue weighted by atomic mass is 16.6. The van der Waals surface area contributed by atoms with Crippen molar-refractivity contribution in [2.75, 3.05) is 6.61 Å². The van der Waals surface area contributed by atoms with Crippen LogP contribution in [0.25, 0.3) is 0 Å². The van der Waals surface area contributed by atoms with Crippen LogP contribution in [0.4, 0.5) is 0 Å². The lowest BCUT2D eigenvalue weighted by molar-refractivity contribution is -0.149. The van der Waals surface area contributed by atoms with E-state index in [0.29, 0.717) is 12.8 Å². The molecule has 1 N–H and O–H groups in total. The average molecular weight is 130 g/mol. The second-order valence-electron chi connectivity index (χ2n) is 2.58. The third-order valence-electron chi connectivity index (χ3n) is 1.55. The van der Waals surface area contributed by atoms with Gasteiger partial charge in [0.15, 0.2) is 0 Å². The second kappa shape index (κ2) is 1.99. The molecule has 0 amide bonds. The van der Waals surface area contributed by atoms with Crippen LogP contribution in [-0.2, 0) is 9.53 Å². The number of aliphatic hydroxyl groups excluding tert-OH is 1. The zero-order valence-corrected chi connectivity index (χ0v) is 5.39. The molecule has 0 aromatic rings. The van der Waals surface area contributed by atoms with Crippen molar-refractivity contribution in [3.05, 3.63) is 0 Å². The third kappa shape index (κ3) is 1.21. The van der Waals surface area contributed by atoms with Gasteiger partial charge in [0.25, 0.3) is 0 Å². The van der Waals surface area contributed by atoms with Gasteiger partial charge in [-0.2, -0.15) is 0 Å². The van der Waals surface area contributed by atoms with Crippen LogP contribution < -0.4 is 0 Å². The molecule has 0 spiro atoms. The van der Waals surface area contributed by atoms with Crippen LogP contribution in [0.1, 0.15) is 19.8 Å². The van der Waals surface area contributed by atoms with Gasteiger partial charge in [-0.1, -0.05) is 0 Å². The summed E-state index contributed by atoms with van der Waals surface area (Å²) in [5.41, 5.74) is -0.586. The summed E-state index contributed by atoms with van der Waals surface area (Å²) in [6.07, 6.45) is 1.08. The quantitative estimate of drug-likeness (QED) is 0.511.